The SMILES string of the molecule is O=C1OCC(CO[C@@H]2O[C@H](CO)[C@H](O)[C@H](O)[C@H]2O)O1. The number of cyclic esters (lactones) is 2. The molecule has 2 aliphatic heterocycles. The summed E-state index contributed by atoms with van der Waals surface area (Å²) in [5.74, 6) is 0. The fourth-order valence-corrected chi connectivity index (χ4v) is 1.85. The molecule has 0 aromatic rings. The molecule has 0 radical (unpaired) electrons. The molecule has 2 rings (SSSR count). The summed E-state index contributed by atoms with van der Waals surface area (Å²) in [5.41, 5.74) is 0. The summed E-state index contributed by atoms with van der Waals surface area (Å²) in [6.07, 6.45) is -8.12. The third-order valence-electron chi connectivity index (χ3n) is 2.94. The molecule has 2 aliphatic rings. The fourth-order valence-electron chi connectivity index (χ4n) is 1.85. The van der Waals surface area contributed by atoms with Crippen molar-refractivity contribution in [3.63, 3.8) is 0 Å². The van der Waals surface area contributed by atoms with Crippen LogP contribution in [0.3, 0.4) is 0 Å². The highest BCUT2D eigenvalue weighted by atomic mass is 16.8. The predicted octanol–water partition coefficient (Wildman–Crippen LogP) is -2.66. The van der Waals surface area contributed by atoms with Crippen molar-refractivity contribution < 1.29 is 44.2 Å². The van der Waals surface area contributed by atoms with E-state index in [2.05, 4.69) is 4.74 Å². The maximum absolute atomic E-state index is 10.7. The highest BCUT2D eigenvalue weighted by Crippen LogP contribution is 2.22. The van der Waals surface area contributed by atoms with Crippen molar-refractivity contribution in [3.8, 4) is 0 Å². The molecule has 9 heteroatoms. The summed E-state index contributed by atoms with van der Waals surface area (Å²) < 4.78 is 19.5. The van der Waals surface area contributed by atoms with Crippen molar-refractivity contribution in [2.45, 2.75) is 36.8 Å². The van der Waals surface area contributed by atoms with E-state index in [9.17, 15) is 20.1 Å². The van der Waals surface area contributed by atoms with Crippen LogP contribution in [0.4, 0.5) is 4.79 Å². The first kappa shape index (κ1) is 14.4. The van der Waals surface area contributed by atoms with Gasteiger partial charge in [0.05, 0.1) is 13.2 Å². The molecule has 2 heterocycles. The van der Waals surface area contributed by atoms with Gasteiger partial charge in [0.2, 0.25) is 0 Å². The summed E-state index contributed by atoms with van der Waals surface area (Å²) >= 11 is 0. The molecule has 1 unspecified atom stereocenters. The van der Waals surface area contributed by atoms with Crippen LogP contribution in [0.2, 0.25) is 0 Å². The van der Waals surface area contributed by atoms with Crippen LogP contribution in [0.25, 0.3) is 0 Å². The molecule has 0 amide bonds. The molecular weight excluding hydrogens is 264 g/mol. The van der Waals surface area contributed by atoms with Crippen molar-refractivity contribution in [3.05, 3.63) is 0 Å². The van der Waals surface area contributed by atoms with Gasteiger partial charge in [0.25, 0.3) is 0 Å². The van der Waals surface area contributed by atoms with E-state index in [0.29, 0.717) is 0 Å². The lowest BCUT2D eigenvalue weighted by atomic mass is 9.99. The zero-order chi connectivity index (χ0) is 14.0. The average Bonchev–Trinajstić information content (AvgIpc) is 2.81. The van der Waals surface area contributed by atoms with E-state index in [1.165, 1.54) is 0 Å². The number of ether oxygens (including phenoxy) is 4. The van der Waals surface area contributed by atoms with Crippen LogP contribution in [-0.4, -0.2) is 83.2 Å². The number of hydrogen-bond acceptors (Lipinski definition) is 9. The molecule has 0 aromatic carbocycles. The maximum atomic E-state index is 10.7. The minimum absolute atomic E-state index is 0.0241. The Morgan fingerprint density at radius 2 is 1.95 bits per heavy atom. The van der Waals surface area contributed by atoms with Crippen molar-refractivity contribution in [1.82, 2.24) is 0 Å². The molecular formula is C10H16O9. The minimum atomic E-state index is -1.50. The van der Waals surface area contributed by atoms with E-state index in [1.807, 2.05) is 0 Å². The van der Waals surface area contributed by atoms with Crippen LogP contribution >= 0.6 is 0 Å². The van der Waals surface area contributed by atoms with Gasteiger partial charge in [-0.1, -0.05) is 0 Å². The van der Waals surface area contributed by atoms with E-state index in [4.69, 9.17) is 19.3 Å². The first-order chi connectivity index (χ1) is 9.02. The molecule has 2 fully saturated rings. The Labute approximate surface area is 108 Å². The van der Waals surface area contributed by atoms with Gasteiger partial charge < -0.3 is 39.4 Å². The normalized spacial score (nSPS) is 42.8. The molecule has 0 bridgehead atoms. The van der Waals surface area contributed by atoms with Crippen LogP contribution in [0.5, 0.6) is 0 Å². The third kappa shape index (κ3) is 3.14. The van der Waals surface area contributed by atoms with E-state index in [1.54, 1.807) is 0 Å². The maximum Gasteiger partial charge on any atom is 0.508 e. The van der Waals surface area contributed by atoms with Gasteiger partial charge in [0.1, 0.15) is 31.0 Å². The van der Waals surface area contributed by atoms with E-state index in [0.717, 1.165) is 0 Å². The van der Waals surface area contributed by atoms with Gasteiger partial charge >= 0.3 is 6.16 Å². The quantitative estimate of drug-likeness (QED) is 0.407. The largest absolute Gasteiger partial charge is 0.508 e. The summed E-state index contributed by atoms with van der Waals surface area (Å²) in [4.78, 5) is 10.7. The first-order valence-electron chi connectivity index (χ1n) is 5.78. The summed E-state index contributed by atoms with van der Waals surface area (Å²) in [7, 11) is 0. The van der Waals surface area contributed by atoms with Crippen LogP contribution in [0, 0.1) is 0 Å². The average molecular weight is 280 g/mol. The van der Waals surface area contributed by atoms with E-state index >= 15 is 0 Å². The lowest BCUT2D eigenvalue weighted by Crippen LogP contribution is -2.59. The second-order valence-corrected chi connectivity index (χ2v) is 4.33. The number of aliphatic hydroxyl groups is 4. The number of hydrogen-bond donors (Lipinski definition) is 4. The zero-order valence-corrected chi connectivity index (χ0v) is 9.92. The number of carbonyl (C=O) groups excluding carboxylic acids is 1. The molecule has 0 saturated carbocycles. The highest BCUT2D eigenvalue weighted by molar-refractivity contribution is 5.61. The predicted molar refractivity (Wildman–Crippen MR) is 55.9 cm³/mol. The van der Waals surface area contributed by atoms with Gasteiger partial charge in [-0.3, -0.25) is 0 Å². The van der Waals surface area contributed by atoms with Crippen molar-refractivity contribution in [2.75, 3.05) is 19.8 Å². The van der Waals surface area contributed by atoms with Crippen molar-refractivity contribution >= 4 is 6.16 Å². The van der Waals surface area contributed by atoms with Gasteiger partial charge in [-0.05, 0) is 0 Å². The van der Waals surface area contributed by atoms with Gasteiger partial charge in [-0.15, -0.1) is 0 Å². The summed E-state index contributed by atoms with van der Waals surface area (Å²) in [6.45, 7) is -0.614. The molecule has 0 spiro atoms. The Balaban J connectivity index is 1.86. The number of carbonyl (C=O) groups is 1. The van der Waals surface area contributed by atoms with Gasteiger partial charge in [-0.25, -0.2) is 4.79 Å². The van der Waals surface area contributed by atoms with Crippen molar-refractivity contribution in [2.24, 2.45) is 0 Å². The summed E-state index contributed by atoms with van der Waals surface area (Å²) in [6, 6.07) is 0. The smallest absolute Gasteiger partial charge is 0.430 e. The Bertz CT molecular complexity index is 320. The first-order valence-corrected chi connectivity index (χ1v) is 5.78. The van der Waals surface area contributed by atoms with Crippen LogP contribution in [-0.2, 0) is 18.9 Å². The molecule has 0 aliphatic carbocycles. The van der Waals surface area contributed by atoms with E-state index < -0.39 is 49.6 Å². The van der Waals surface area contributed by atoms with E-state index in [-0.39, 0.29) is 13.2 Å². The van der Waals surface area contributed by atoms with Crippen LogP contribution in [0.1, 0.15) is 0 Å². The molecule has 9 nitrogen and oxygen atoms in total. The molecule has 2 saturated heterocycles. The molecule has 0 aromatic heterocycles. The fraction of sp³-hybridized carbons (Fsp3) is 0.900. The Morgan fingerprint density at radius 1 is 1.21 bits per heavy atom. The topological polar surface area (TPSA) is 135 Å². The van der Waals surface area contributed by atoms with Crippen LogP contribution in [0.15, 0.2) is 0 Å². The monoisotopic (exact) mass is 280 g/mol. The Morgan fingerprint density at radius 3 is 2.53 bits per heavy atom. The second-order valence-electron chi connectivity index (χ2n) is 4.33. The third-order valence-corrected chi connectivity index (χ3v) is 2.94. The van der Waals surface area contributed by atoms with Crippen molar-refractivity contribution in [1.29, 1.82) is 0 Å². The highest BCUT2D eigenvalue weighted by Gasteiger charge is 2.44. The zero-order valence-electron chi connectivity index (χ0n) is 9.92. The van der Waals surface area contributed by atoms with Gasteiger partial charge in [0.15, 0.2) is 12.4 Å². The molecule has 19 heavy (non-hydrogen) atoms. The lowest BCUT2D eigenvalue weighted by molar-refractivity contribution is -0.303. The number of rotatable bonds is 4. The second kappa shape index (κ2) is 5.99. The Kier molecular flexibility index (Phi) is 4.55. The number of aliphatic hydroxyl groups excluding tert-OH is 4. The van der Waals surface area contributed by atoms with Gasteiger partial charge in [0, 0.05) is 0 Å². The minimum Gasteiger partial charge on any atom is -0.430 e. The summed E-state index contributed by atoms with van der Waals surface area (Å²) in [5, 5.41) is 37.7. The van der Waals surface area contributed by atoms with Crippen LogP contribution < -0.4 is 0 Å². The Hall–Kier alpha value is -0.970. The van der Waals surface area contributed by atoms with Gasteiger partial charge in [-0.2, -0.15) is 0 Å². The molecule has 110 valence electrons. The lowest BCUT2D eigenvalue weighted by Gasteiger charge is -2.39. The molecule has 4 N–H and O–H groups in total. The molecule has 6 atom stereocenters. The standard InChI is InChI=1S/C10H16O9/c11-1-5-6(12)7(13)8(14)9(19-5)16-2-4-3-17-10(15)18-4/h4-9,11-14H,1-3H2/t4?,5-,6+,7+,8-,9-/m1/s1.